The molecule has 0 atom stereocenters. The van der Waals surface area contributed by atoms with Crippen LogP contribution >= 0.6 is 0 Å². The number of H-pyrrole nitrogens is 1. The summed E-state index contributed by atoms with van der Waals surface area (Å²) in [6, 6.07) is 27.1. The quantitative estimate of drug-likeness (QED) is 0.309. The van der Waals surface area contributed by atoms with Gasteiger partial charge in [-0.25, -0.2) is 17.8 Å². The molecule has 0 bridgehead atoms. The van der Waals surface area contributed by atoms with Crippen LogP contribution < -0.4 is 9.46 Å². The average Bonchev–Trinajstić information content (AvgIpc) is 3.22. The van der Waals surface area contributed by atoms with Crippen LogP contribution in [0.5, 0.6) is 11.5 Å². The van der Waals surface area contributed by atoms with E-state index < -0.39 is 15.8 Å². The second-order valence-corrected chi connectivity index (χ2v) is 9.39. The Bertz CT molecular complexity index is 1530. The number of halogens is 1. The lowest BCUT2D eigenvalue weighted by Gasteiger charge is -2.07. The lowest BCUT2D eigenvalue weighted by Crippen LogP contribution is -2.12. The number of imidazole rings is 1. The van der Waals surface area contributed by atoms with E-state index in [0.29, 0.717) is 17.6 Å². The maximum Gasteiger partial charge on any atom is 0.261 e. The molecule has 0 aliphatic carbocycles. The fourth-order valence-electron chi connectivity index (χ4n) is 3.53. The molecule has 6 nitrogen and oxygen atoms in total. The van der Waals surface area contributed by atoms with Crippen molar-refractivity contribution < 1.29 is 17.5 Å². The van der Waals surface area contributed by atoms with E-state index in [1.54, 1.807) is 18.2 Å². The third-order valence-electron chi connectivity index (χ3n) is 5.18. The fourth-order valence-corrected chi connectivity index (χ4v) is 4.58. The Hall–Kier alpha value is -4.17. The van der Waals surface area contributed by atoms with Crippen molar-refractivity contribution in [1.29, 1.82) is 0 Å². The number of fused-ring (bicyclic) bond motifs is 1. The maximum absolute atomic E-state index is 13.1. The number of rotatable bonds is 7. The van der Waals surface area contributed by atoms with Gasteiger partial charge in [-0.3, -0.25) is 4.72 Å². The number of ether oxygens (including phenoxy) is 1. The van der Waals surface area contributed by atoms with Crippen LogP contribution in [-0.2, 0) is 16.4 Å². The van der Waals surface area contributed by atoms with Crippen molar-refractivity contribution in [3.8, 4) is 11.5 Å². The van der Waals surface area contributed by atoms with Crippen molar-refractivity contribution in [2.75, 3.05) is 4.72 Å². The molecule has 5 rings (SSSR count). The van der Waals surface area contributed by atoms with E-state index in [-0.39, 0.29) is 4.90 Å². The van der Waals surface area contributed by atoms with Crippen molar-refractivity contribution in [2.45, 2.75) is 11.3 Å². The minimum Gasteiger partial charge on any atom is -0.457 e. The molecule has 0 aliphatic rings. The molecule has 8 heteroatoms. The highest BCUT2D eigenvalue weighted by molar-refractivity contribution is 7.92. The second kappa shape index (κ2) is 8.99. The minimum atomic E-state index is -3.83. The SMILES string of the molecule is O=S(=O)(Nc1ccc2[nH]c(Cc3ccc(Oc4ccccc4)cc3)nc2c1)c1ccc(F)cc1. The number of para-hydroxylation sites is 1. The fraction of sp³-hybridized carbons (Fsp3) is 0.0385. The summed E-state index contributed by atoms with van der Waals surface area (Å²) in [7, 11) is -3.83. The average molecular weight is 474 g/mol. The number of aromatic nitrogens is 2. The zero-order valence-corrected chi connectivity index (χ0v) is 18.7. The molecule has 0 spiro atoms. The molecule has 5 aromatic rings. The first-order valence-electron chi connectivity index (χ1n) is 10.5. The van der Waals surface area contributed by atoms with Gasteiger partial charge in [-0.2, -0.15) is 0 Å². The van der Waals surface area contributed by atoms with Crippen molar-refractivity contribution in [3.63, 3.8) is 0 Å². The number of sulfonamides is 1. The standard InChI is InChI=1S/C26H20FN3O3S/c27-19-8-13-23(14-9-19)34(31,32)30-20-10-15-24-25(17-20)29-26(28-24)16-18-6-11-22(12-7-18)33-21-4-2-1-3-5-21/h1-15,17,30H,16H2,(H,28,29). The first kappa shape index (κ1) is 21.7. The van der Waals surface area contributed by atoms with E-state index in [9.17, 15) is 12.8 Å². The van der Waals surface area contributed by atoms with Gasteiger partial charge in [0, 0.05) is 6.42 Å². The van der Waals surface area contributed by atoms with Gasteiger partial charge in [0.05, 0.1) is 21.6 Å². The van der Waals surface area contributed by atoms with Gasteiger partial charge in [0.15, 0.2) is 0 Å². The van der Waals surface area contributed by atoms with Crippen LogP contribution in [-0.4, -0.2) is 18.4 Å². The molecule has 0 saturated heterocycles. The highest BCUT2D eigenvalue weighted by Gasteiger charge is 2.15. The molecule has 170 valence electrons. The summed E-state index contributed by atoms with van der Waals surface area (Å²) in [5, 5.41) is 0. The van der Waals surface area contributed by atoms with Gasteiger partial charge >= 0.3 is 0 Å². The van der Waals surface area contributed by atoms with E-state index in [1.807, 2.05) is 54.6 Å². The van der Waals surface area contributed by atoms with Crippen molar-refractivity contribution >= 4 is 26.7 Å². The Morgan fingerprint density at radius 2 is 1.56 bits per heavy atom. The normalized spacial score (nSPS) is 11.4. The monoisotopic (exact) mass is 473 g/mol. The summed E-state index contributed by atoms with van der Waals surface area (Å²) in [5.41, 5.74) is 2.86. The summed E-state index contributed by atoms with van der Waals surface area (Å²) in [4.78, 5) is 7.85. The van der Waals surface area contributed by atoms with Gasteiger partial charge in [0.1, 0.15) is 23.1 Å². The topological polar surface area (TPSA) is 84.1 Å². The van der Waals surface area contributed by atoms with Gasteiger partial charge in [-0.05, 0) is 72.3 Å². The van der Waals surface area contributed by atoms with E-state index in [4.69, 9.17) is 4.74 Å². The van der Waals surface area contributed by atoms with E-state index >= 15 is 0 Å². The van der Waals surface area contributed by atoms with Gasteiger partial charge < -0.3 is 9.72 Å². The predicted molar refractivity (Wildman–Crippen MR) is 129 cm³/mol. The van der Waals surface area contributed by atoms with E-state index in [1.165, 1.54) is 12.1 Å². The largest absolute Gasteiger partial charge is 0.457 e. The van der Waals surface area contributed by atoms with Crippen LogP contribution in [0.3, 0.4) is 0 Å². The molecule has 0 amide bonds. The number of hydrogen-bond acceptors (Lipinski definition) is 4. The Morgan fingerprint density at radius 3 is 2.29 bits per heavy atom. The van der Waals surface area contributed by atoms with Gasteiger partial charge in [0.25, 0.3) is 10.0 Å². The molecule has 0 radical (unpaired) electrons. The van der Waals surface area contributed by atoms with Crippen LogP contribution in [0.1, 0.15) is 11.4 Å². The van der Waals surface area contributed by atoms with Crippen molar-refractivity contribution in [3.05, 3.63) is 114 Å². The molecule has 2 N–H and O–H groups in total. The molecule has 1 heterocycles. The first-order valence-corrected chi connectivity index (χ1v) is 12.0. The van der Waals surface area contributed by atoms with Crippen LogP contribution in [0.4, 0.5) is 10.1 Å². The number of nitrogens with zero attached hydrogens (tertiary/aromatic N) is 1. The molecule has 0 unspecified atom stereocenters. The summed E-state index contributed by atoms with van der Waals surface area (Å²) < 4.78 is 46.6. The number of benzene rings is 4. The highest BCUT2D eigenvalue weighted by atomic mass is 32.2. The third-order valence-corrected chi connectivity index (χ3v) is 6.58. The Labute approximate surface area is 196 Å². The molecule has 4 aromatic carbocycles. The highest BCUT2D eigenvalue weighted by Crippen LogP contribution is 2.24. The van der Waals surface area contributed by atoms with Crippen molar-refractivity contribution in [2.24, 2.45) is 0 Å². The summed E-state index contributed by atoms with van der Waals surface area (Å²) in [5.74, 6) is 1.78. The number of aromatic amines is 1. The summed E-state index contributed by atoms with van der Waals surface area (Å²) in [6.45, 7) is 0. The summed E-state index contributed by atoms with van der Waals surface area (Å²) >= 11 is 0. The number of hydrogen-bond donors (Lipinski definition) is 2. The first-order chi connectivity index (χ1) is 16.4. The van der Waals surface area contributed by atoms with Crippen molar-refractivity contribution in [1.82, 2.24) is 9.97 Å². The molecule has 0 fully saturated rings. The number of nitrogens with one attached hydrogen (secondary N) is 2. The van der Waals surface area contributed by atoms with E-state index in [0.717, 1.165) is 40.5 Å². The zero-order valence-electron chi connectivity index (χ0n) is 17.9. The Balaban J connectivity index is 1.29. The molecule has 34 heavy (non-hydrogen) atoms. The summed E-state index contributed by atoms with van der Waals surface area (Å²) in [6.07, 6.45) is 0.580. The number of anilines is 1. The Kier molecular flexibility index (Phi) is 5.73. The van der Waals surface area contributed by atoms with Crippen LogP contribution in [0.25, 0.3) is 11.0 Å². The second-order valence-electron chi connectivity index (χ2n) is 7.71. The molecular formula is C26H20FN3O3S. The molecule has 1 aromatic heterocycles. The Morgan fingerprint density at radius 1 is 0.853 bits per heavy atom. The minimum absolute atomic E-state index is 0.0172. The third kappa shape index (κ3) is 4.92. The van der Waals surface area contributed by atoms with Gasteiger partial charge in [-0.1, -0.05) is 30.3 Å². The van der Waals surface area contributed by atoms with Crippen LogP contribution in [0.2, 0.25) is 0 Å². The van der Waals surface area contributed by atoms with Crippen LogP contribution in [0.15, 0.2) is 102 Å². The van der Waals surface area contributed by atoms with E-state index in [2.05, 4.69) is 14.7 Å². The molecular weight excluding hydrogens is 453 g/mol. The predicted octanol–water partition coefficient (Wildman–Crippen LogP) is 5.89. The lowest BCUT2D eigenvalue weighted by molar-refractivity contribution is 0.482. The van der Waals surface area contributed by atoms with Gasteiger partial charge in [0.2, 0.25) is 0 Å². The van der Waals surface area contributed by atoms with Crippen LogP contribution in [0, 0.1) is 5.82 Å². The van der Waals surface area contributed by atoms with Gasteiger partial charge in [-0.15, -0.1) is 0 Å². The molecule has 0 aliphatic heterocycles. The molecule has 0 saturated carbocycles. The smallest absolute Gasteiger partial charge is 0.261 e. The lowest BCUT2D eigenvalue weighted by atomic mass is 10.1. The maximum atomic E-state index is 13.1. The zero-order chi connectivity index (χ0) is 23.5.